The molecule has 1 heterocycles. The van der Waals surface area contributed by atoms with Crippen LogP contribution >= 0.6 is 0 Å². The van der Waals surface area contributed by atoms with Crippen LogP contribution in [0.25, 0.3) is 0 Å². The lowest BCUT2D eigenvalue weighted by Crippen LogP contribution is -2.37. The van der Waals surface area contributed by atoms with Crippen LogP contribution < -0.4 is 10.1 Å². The fourth-order valence-corrected chi connectivity index (χ4v) is 2.14. The van der Waals surface area contributed by atoms with Crippen LogP contribution in [0.5, 0.6) is 5.75 Å². The van der Waals surface area contributed by atoms with Gasteiger partial charge in [-0.15, -0.1) is 0 Å². The number of aliphatic hydroxyl groups excluding tert-OH is 1. The number of esters is 1. The zero-order valence-electron chi connectivity index (χ0n) is 14.2. The molecule has 25 heavy (non-hydrogen) atoms. The maximum absolute atomic E-state index is 12.3. The van der Waals surface area contributed by atoms with Crippen LogP contribution in [0.3, 0.4) is 0 Å². The van der Waals surface area contributed by atoms with Crippen molar-refractivity contribution in [2.24, 2.45) is 0 Å². The quantitative estimate of drug-likeness (QED) is 0.722. The molecule has 0 spiro atoms. The van der Waals surface area contributed by atoms with E-state index < -0.39 is 18.0 Å². The number of aromatic nitrogens is 1. The van der Waals surface area contributed by atoms with E-state index in [0.29, 0.717) is 11.5 Å². The number of carbonyl (C=O) groups is 2. The third-order valence-corrected chi connectivity index (χ3v) is 3.61. The molecule has 1 aromatic carbocycles. The van der Waals surface area contributed by atoms with Gasteiger partial charge in [0.1, 0.15) is 18.1 Å². The lowest BCUT2D eigenvalue weighted by molar-refractivity contribution is -0.149. The number of nitrogens with one attached hydrogen (secondary N) is 1. The van der Waals surface area contributed by atoms with Crippen LogP contribution in [0, 0.1) is 13.8 Å². The Kier molecular flexibility index (Phi) is 6.13. The van der Waals surface area contributed by atoms with E-state index in [9.17, 15) is 14.7 Å². The van der Waals surface area contributed by atoms with Crippen LogP contribution in [0.1, 0.15) is 27.4 Å². The summed E-state index contributed by atoms with van der Waals surface area (Å²) in [6, 6.07) is 6.67. The number of nitrogens with zero attached hydrogens (tertiary/aromatic N) is 1. The van der Waals surface area contributed by atoms with Crippen molar-refractivity contribution in [3.05, 3.63) is 46.8 Å². The minimum atomic E-state index is -1.43. The van der Waals surface area contributed by atoms with Crippen LogP contribution in [-0.4, -0.2) is 41.9 Å². The Balaban J connectivity index is 2.04. The molecular formula is C17H20N2O6. The third kappa shape index (κ3) is 4.57. The summed E-state index contributed by atoms with van der Waals surface area (Å²) in [5.74, 6) is -0.270. The lowest BCUT2D eigenvalue weighted by Gasteiger charge is -2.13. The van der Waals surface area contributed by atoms with Gasteiger partial charge in [0, 0.05) is 0 Å². The number of benzene rings is 1. The first kappa shape index (κ1) is 18.5. The minimum Gasteiger partial charge on any atom is -0.488 e. The number of ether oxygens (including phenoxy) is 2. The molecule has 1 atom stereocenters. The van der Waals surface area contributed by atoms with Gasteiger partial charge in [-0.2, -0.15) is 0 Å². The molecule has 8 nitrogen and oxygen atoms in total. The van der Waals surface area contributed by atoms with Crippen molar-refractivity contribution in [2.45, 2.75) is 26.6 Å². The predicted molar refractivity (Wildman–Crippen MR) is 87.1 cm³/mol. The molecule has 0 radical (unpaired) electrons. The Hall–Kier alpha value is -2.87. The Morgan fingerprint density at radius 3 is 2.68 bits per heavy atom. The highest BCUT2D eigenvalue weighted by atomic mass is 16.5. The molecule has 0 unspecified atom stereocenters. The second kappa shape index (κ2) is 8.29. The summed E-state index contributed by atoms with van der Waals surface area (Å²) in [7, 11) is 1.16. The van der Waals surface area contributed by atoms with Crippen LogP contribution in [0.15, 0.2) is 28.8 Å². The monoisotopic (exact) mass is 348 g/mol. The third-order valence-electron chi connectivity index (χ3n) is 3.61. The number of amides is 1. The highest BCUT2D eigenvalue weighted by Gasteiger charge is 2.19. The highest BCUT2D eigenvalue weighted by molar-refractivity contribution is 5.97. The first-order valence-corrected chi connectivity index (χ1v) is 7.61. The van der Waals surface area contributed by atoms with Crippen LogP contribution in [0.4, 0.5) is 0 Å². The van der Waals surface area contributed by atoms with Crippen molar-refractivity contribution < 1.29 is 28.7 Å². The summed E-state index contributed by atoms with van der Waals surface area (Å²) in [4.78, 5) is 23.5. The number of methoxy groups -OCH3 is 1. The van der Waals surface area contributed by atoms with E-state index in [4.69, 9.17) is 9.26 Å². The normalized spacial score (nSPS) is 11.7. The molecule has 1 aromatic heterocycles. The van der Waals surface area contributed by atoms with Gasteiger partial charge in [0.05, 0.1) is 30.5 Å². The van der Waals surface area contributed by atoms with Crippen LogP contribution in [0.2, 0.25) is 0 Å². The topological polar surface area (TPSA) is 111 Å². The molecule has 0 bridgehead atoms. The Morgan fingerprint density at radius 1 is 1.32 bits per heavy atom. The minimum absolute atomic E-state index is 0.205. The number of aryl methyl sites for hydroxylation is 2. The van der Waals surface area contributed by atoms with E-state index in [1.807, 2.05) is 6.92 Å². The van der Waals surface area contributed by atoms with Crippen molar-refractivity contribution >= 4 is 11.9 Å². The SMILES string of the molecule is COC(=O)[C@@H](O)CNC(=O)c1ccccc1OCc1c(C)noc1C. The van der Waals surface area contributed by atoms with Gasteiger partial charge in [-0.25, -0.2) is 4.79 Å². The molecule has 0 aliphatic heterocycles. The Bertz CT molecular complexity index is 736. The second-order valence-electron chi connectivity index (χ2n) is 5.34. The summed E-state index contributed by atoms with van der Waals surface area (Å²) in [5.41, 5.74) is 1.82. The van der Waals surface area contributed by atoms with Gasteiger partial charge >= 0.3 is 5.97 Å². The zero-order chi connectivity index (χ0) is 18.4. The first-order chi connectivity index (χ1) is 11.9. The van der Waals surface area contributed by atoms with E-state index in [1.54, 1.807) is 31.2 Å². The van der Waals surface area contributed by atoms with E-state index in [-0.39, 0.29) is 18.7 Å². The van der Waals surface area contributed by atoms with Gasteiger partial charge in [0.15, 0.2) is 6.10 Å². The molecule has 8 heteroatoms. The summed E-state index contributed by atoms with van der Waals surface area (Å²) in [5, 5.41) is 15.9. The maximum atomic E-state index is 12.3. The molecule has 1 amide bonds. The van der Waals surface area contributed by atoms with E-state index in [0.717, 1.165) is 18.4 Å². The summed E-state index contributed by atoms with van der Waals surface area (Å²) < 4.78 is 15.2. The van der Waals surface area contributed by atoms with Crippen molar-refractivity contribution in [3.8, 4) is 5.75 Å². The fraction of sp³-hybridized carbons (Fsp3) is 0.353. The van der Waals surface area contributed by atoms with Gasteiger partial charge in [-0.05, 0) is 26.0 Å². The molecule has 2 aromatic rings. The van der Waals surface area contributed by atoms with Gasteiger partial charge in [0.25, 0.3) is 5.91 Å². The lowest BCUT2D eigenvalue weighted by atomic mass is 10.1. The highest BCUT2D eigenvalue weighted by Crippen LogP contribution is 2.21. The molecule has 0 saturated heterocycles. The summed E-state index contributed by atoms with van der Waals surface area (Å²) in [6.45, 7) is 3.54. The van der Waals surface area contributed by atoms with E-state index >= 15 is 0 Å². The number of hydrogen-bond acceptors (Lipinski definition) is 7. The van der Waals surface area contributed by atoms with Gasteiger partial charge in [-0.1, -0.05) is 17.3 Å². The van der Waals surface area contributed by atoms with Crippen molar-refractivity contribution in [2.75, 3.05) is 13.7 Å². The Labute approximate surface area is 144 Å². The maximum Gasteiger partial charge on any atom is 0.336 e. The van der Waals surface area contributed by atoms with E-state index in [2.05, 4.69) is 15.2 Å². The molecule has 2 N–H and O–H groups in total. The van der Waals surface area contributed by atoms with Gasteiger partial charge in [0.2, 0.25) is 0 Å². The predicted octanol–water partition coefficient (Wildman–Crippen LogP) is 1.13. The molecule has 0 aliphatic carbocycles. The van der Waals surface area contributed by atoms with Gasteiger partial charge in [-0.3, -0.25) is 4.79 Å². The first-order valence-electron chi connectivity index (χ1n) is 7.61. The molecule has 0 aliphatic rings. The molecular weight excluding hydrogens is 328 g/mol. The zero-order valence-corrected chi connectivity index (χ0v) is 14.2. The second-order valence-corrected chi connectivity index (χ2v) is 5.34. The average molecular weight is 348 g/mol. The van der Waals surface area contributed by atoms with Crippen molar-refractivity contribution in [3.63, 3.8) is 0 Å². The molecule has 0 saturated carbocycles. The van der Waals surface area contributed by atoms with Crippen LogP contribution in [-0.2, 0) is 16.1 Å². The van der Waals surface area contributed by atoms with E-state index in [1.165, 1.54) is 0 Å². The molecule has 134 valence electrons. The summed E-state index contributed by atoms with van der Waals surface area (Å²) >= 11 is 0. The fourth-order valence-electron chi connectivity index (χ4n) is 2.14. The standard InChI is InChI=1S/C17H20N2O6/c1-10-13(11(2)25-19-10)9-24-15-7-5-4-6-12(15)16(21)18-8-14(20)17(22)23-3/h4-7,14,20H,8-9H2,1-3H3,(H,18,21)/t14-/m0/s1. The number of rotatable bonds is 7. The summed E-state index contributed by atoms with van der Waals surface area (Å²) in [6.07, 6.45) is -1.43. The van der Waals surface area contributed by atoms with Gasteiger partial charge < -0.3 is 24.4 Å². The number of carbonyl (C=O) groups excluding carboxylic acids is 2. The molecule has 2 rings (SSSR count). The molecule has 0 fully saturated rings. The van der Waals surface area contributed by atoms with Crippen molar-refractivity contribution in [1.29, 1.82) is 0 Å². The number of para-hydroxylation sites is 1. The smallest absolute Gasteiger partial charge is 0.336 e. The Morgan fingerprint density at radius 2 is 2.04 bits per heavy atom. The largest absolute Gasteiger partial charge is 0.488 e. The average Bonchev–Trinajstić information content (AvgIpc) is 2.95. The van der Waals surface area contributed by atoms with Crippen molar-refractivity contribution in [1.82, 2.24) is 10.5 Å². The number of aliphatic hydroxyl groups is 1. The number of hydrogen-bond donors (Lipinski definition) is 2.